The molecule has 0 aliphatic carbocycles. The van der Waals surface area contributed by atoms with Crippen molar-refractivity contribution in [3.8, 4) is 11.3 Å². The van der Waals surface area contributed by atoms with Crippen molar-refractivity contribution in [1.82, 2.24) is 0 Å². The lowest BCUT2D eigenvalue weighted by Crippen LogP contribution is -2.27. The summed E-state index contributed by atoms with van der Waals surface area (Å²) in [6.07, 6.45) is 1.68. The van der Waals surface area contributed by atoms with Gasteiger partial charge in [0.1, 0.15) is 11.5 Å². The van der Waals surface area contributed by atoms with E-state index in [1.807, 2.05) is 50.2 Å². The number of anilines is 2. The number of nitrogens with zero attached hydrogens (tertiary/aromatic N) is 2. The van der Waals surface area contributed by atoms with Gasteiger partial charge in [-0.3, -0.25) is 9.69 Å². The summed E-state index contributed by atoms with van der Waals surface area (Å²) in [5, 5.41) is 9.14. The number of carbonyl (C=O) groups is 2. The van der Waals surface area contributed by atoms with Crippen molar-refractivity contribution in [3.63, 3.8) is 0 Å². The molecule has 1 fully saturated rings. The lowest BCUT2D eigenvalue weighted by Gasteiger charge is -2.17. The zero-order chi connectivity index (χ0) is 23.0. The fraction of sp³-hybridized carbons (Fsp3) is 0.125. The molecule has 32 heavy (non-hydrogen) atoms. The number of hydrogen-bond acceptors (Lipinski definition) is 6. The number of carboxylic acid groups (broad SMARTS) is 1. The first kappa shape index (κ1) is 21.9. The van der Waals surface area contributed by atoms with E-state index in [9.17, 15) is 9.59 Å². The van der Waals surface area contributed by atoms with E-state index >= 15 is 0 Å². The largest absolute Gasteiger partial charge is 0.478 e. The molecule has 0 bridgehead atoms. The maximum atomic E-state index is 13.0. The molecular weight excluding hydrogens is 444 g/mol. The van der Waals surface area contributed by atoms with E-state index in [0.29, 0.717) is 20.7 Å². The molecule has 1 aliphatic heterocycles. The Balaban J connectivity index is 1.58. The first-order valence-corrected chi connectivity index (χ1v) is 11.0. The second-order valence-corrected chi connectivity index (χ2v) is 9.14. The number of amides is 1. The van der Waals surface area contributed by atoms with E-state index in [-0.39, 0.29) is 11.5 Å². The highest BCUT2D eigenvalue weighted by Crippen LogP contribution is 2.37. The Morgan fingerprint density at radius 3 is 2.47 bits per heavy atom. The van der Waals surface area contributed by atoms with Gasteiger partial charge in [-0.05, 0) is 61.0 Å². The fourth-order valence-corrected chi connectivity index (χ4v) is 4.65. The topological polar surface area (TPSA) is 74.0 Å². The standard InChI is InChI=1S/C24H20N2O4S2/c1-14-12-15(23(28)29)4-10-19(14)20-11-9-18(30-20)13-21-22(27)26(24(31)32-21)17-7-5-16(6-8-17)25(2)3/h4-13H,1-3H3,(H,28,29)/b21-13-. The predicted octanol–water partition coefficient (Wildman–Crippen LogP) is 5.43. The minimum Gasteiger partial charge on any atom is -0.478 e. The van der Waals surface area contributed by atoms with Crippen LogP contribution >= 0.6 is 24.0 Å². The summed E-state index contributed by atoms with van der Waals surface area (Å²) in [7, 11) is 3.91. The molecule has 4 rings (SSSR count). The second kappa shape index (κ2) is 8.64. The van der Waals surface area contributed by atoms with Crippen molar-refractivity contribution in [2.75, 3.05) is 23.9 Å². The van der Waals surface area contributed by atoms with E-state index in [4.69, 9.17) is 21.7 Å². The van der Waals surface area contributed by atoms with E-state index in [2.05, 4.69) is 0 Å². The van der Waals surface area contributed by atoms with Crippen LogP contribution in [0.3, 0.4) is 0 Å². The summed E-state index contributed by atoms with van der Waals surface area (Å²) < 4.78 is 6.39. The quantitative estimate of drug-likeness (QED) is 0.399. The minimum absolute atomic E-state index is 0.197. The fourth-order valence-electron chi connectivity index (χ4n) is 3.37. The van der Waals surface area contributed by atoms with Gasteiger partial charge in [-0.15, -0.1) is 0 Å². The number of furan rings is 1. The molecule has 0 unspecified atom stereocenters. The predicted molar refractivity (Wildman–Crippen MR) is 132 cm³/mol. The summed E-state index contributed by atoms with van der Waals surface area (Å²) in [5.41, 5.74) is 3.56. The second-order valence-electron chi connectivity index (χ2n) is 7.46. The number of thiocarbonyl (C=S) groups is 1. The third-order valence-corrected chi connectivity index (χ3v) is 6.36. The first-order valence-electron chi connectivity index (χ1n) is 9.74. The van der Waals surface area contributed by atoms with Crippen LogP contribution in [0.1, 0.15) is 21.7 Å². The highest BCUT2D eigenvalue weighted by atomic mass is 32.2. The molecule has 0 radical (unpaired) electrons. The number of carbonyl (C=O) groups excluding carboxylic acids is 1. The third kappa shape index (κ3) is 4.19. The van der Waals surface area contributed by atoms with Gasteiger partial charge in [0.2, 0.25) is 0 Å². The molecule has 3 aromatic rings. The van der Waals surface area contributed by atoms with Gasteiger partial charge in [0.05, 0.1) is 16.2 Å². The van der Waals surface area contributed by atoms with Crippen LogP contribution < -0.4 is 9.80 Å². The minimum atomic E-state index is -0.974. The molecule has 2 aromatic carbocycles. The van der Waals surface area contributed by atoms with Crippen LogP contribution in [-0.4, -0.2) is 35.4 Å². The molecule has 1 aliphatic rings. The van der Waals surface area contributed by atoms with Gasteiger partial charge in [-0.1, -0.05) is 30.0 Å². The van der Waals surface area contributed by atoms with Crippen LogP contribution in [0.4, 0.5) is 11.4 Å². The molecular formula is C24H20N2O4S2. The molecule has 1 saturated heterocycles. The number of aryl methyl sites for hydroxylation is 1. The smallest absolute Gasteiger partial charge is 0.335 e. The van der Waals surface area contributed by atoms with Crippen LogP contribution in [0.25, 0.3) is 17.4 Å². The van der Waals surface area contributed by atoms with Crippen molar-refractivity contribution in [2.24, 2.45) is 0 Å². The molecule has 8 heteroatoms. The summed E-state index contributed by atoms with van der Waals surface area (Å²) in [4.78, 5) is 28.1. The Morgan fingerprint density at radius 1 is 1.12 bits per heavy atom. The Bertz CT molecular complexity index is 1260. The van der Waals surface area contributed by atoms with Crippen molar-refractivity contribution in [1.29, 1.82) is 0 Å². The first-order chi connectivity index (χ1) is 15.2. The molecule has 0 atom stereocenters. The van der Waals surface area contributed by atoms with Gasteiger partial charge in [-0.2, -0.15) is 0 Å². The molecule has 1 N–H and O–H groups in total. The maximum absolute atomic E-state index is 13.0. The summed E-state index contributed by atoms with van der Waals surface area (Å²) >= 11 is 6.68. The molecule has 0 spiro atoms. The van der Waals surface area contributed by atoms with Crippen LogP contribution in [0, 0.1) is 6.92 Å². The van der Waals surface area contributed by atoms with E-state index in [0.717, 1.165) is 22.5 Å². The molecule has 162 valence electrons. The number of thioether (sulfide) groups is 1. The lowest BCUT2D eigenvalue weighted by atomic mass is 10.0. The number of benzene rings is 2. The lowest BCUT2D eigenvalue weighted by molar-refractivity contribution is -0.113. The van der Waals surface area contributed by atoms with Crippen molar-refractivity contribution in [3.05, 3.63) is 76.4 Å². The average Bonchev–Trinajstić information content (AvgIpc) is 3.32. The Morgan fingerprint density at radius 2 is 1.84 bits per heavy atom. The zero-order valence-corrected chi connectivity index (χ0v) is 19.3. The van der Waals surface area contributed by atoms with Gasteiger partial charge in [0, 0.05) is 31.4 Å². The molecule has 0 saturated carbocycles. The number of aromatic carboxylic acids is 1. The van der Waals surface area contributed by atoms with Gasteiger partial charge >= 0.3 is 5.97 Å². The highest BCUT2D eigenvalue weighted by molar-refractivity contribution is 8.27. The summed E-state index contributed by atoms with van der Waals surface area (Å²) in [6.45, 7) is 1.83. The normalized spacial score (nSPS) is 15.0. The third-order valence-electron chi connectivity index (χ3n) is 5.06. The van der Waals surface area contributed by atoms with Crippen molar-refractivity contribution < 1.29 is 19.1 Å². The van der Waals surface area contributed by atoms with Crippen LogP contribution in [-0.2, 0) is 4.79 Å². The Labute approximate surface area is 195 Å². The van der Waals surface area contributed by atoms with E-state index < -0.39 is 5.97 Å². The number of hydrogen-bond donors (Lipinski definition) is 1. The SMILES string of the molecule is Cc1cc(C(=O)O)ccc1-c1ccc(/C=C2\SC(=S)N(c3ccc(N(C)C)cc3)C2=O)o1. The molecule has 1 aromatic heterocycles. The average molecular weight is 465 g/mol. The zero-order valence-electron chi connectivity index (χ0n) is 17.7. The van der Waals surface area contributed by atoms with Crippen LogP contribution in [0.5, 0.6) is 0 Å². The van der Waals surface area contributed by atoms with Crippen molar-refractivity contribution >= 4 is 57.6 Å². The van der Waals surface area contributed by atoms with Crippen molar-refractivity contribution in [2.45, 2.75) is 6.92 Å². The molecule has 1 amide bonds. The van der Waals surface area contributed by atoms with Crippen LogP contribution in [0.2, 0.25) is 0 Å². The number of carboxylic acids is 1. The van der Waals surface area contributed by atoms with Gasteiger partial charge in [0.25, 0.3) is 5.91 Å². The highest BCUT2D eigenvalue weighted by Gasteiger charge is 2.33. The van der Waals surface area contributed by atoms with Crippen LogP contribution in [0.15, 0.2) is 63.9 Å². The monoisotopic (exact) mass is 464 g/mol. The van der Waals surface area contributed by atoms with Gasteiger partial charge in [0.15, 0.2) is 4.32 Å². The molecule has 2 heterocycles. The Hall–Kier alpha value is -3.36. The molecule has 6 nitrogen and oxygen atoms in total. The maximum Gasteiger partial charge on any atom is 0.335 e. The van der Waals surface area contributed by atoms with Gasteiger partial charge < -0.3 is 14.4 Å². The number of rotatable bonds is 5. The van der Waals surface area contributed by atoms with E-state index in [1.54, 1.807) is 36.4 Å². The van der Waals surface area contributed by atoms with Gasteiger partial charge in [-0.25, -0.2) is 4.79 Å². The Kier molecular flexibility index (Phi) is 5.90. The van der Waals surface area contributed by atoms with E-state index in [1.165, 1.54) is 16.7 Å². The summed E-state index contributed by atoms with van der Waals surface area (Å²) in [6, 6.07) is 16.1. The summed E-state index contributed by atoms with van der Waals surface area (Å²) in [5.74, 6) is -0.0543.